The van der Waals surface area contributed by atoms with Crippen LogP contribution in [-0.2, 0) is 17.9 Å². The van der Waals surface area contributed by atoms with Gasteiger partial charge >= 0.3 is 0 Å². The lowest BCUT2D eigenvalue weighted by molar-refractivity contribution is -0.123. The molecule has 1 atom stereocenters. The highest BCUT2D eigenvalue weighted by Crippen LogP contribution is 2.24. The number of fused-ring (bicyclic) bond motifs is 2. The zero-order valence-electron chi connectivity index (χ0n) is 13.5. The fourth-order valence-electron chi connectivity index (χ4n) is 3.20. The Hall–Kier alpha value is -2.77. The zero-order chi connectivity index (χ0) is 16.5. The summed E-state index contributed by atoms with van der Waals surface area (Å²) in [6.45, 7) is 3.20. The highest BCUT2D eigenvalue weighted by atomic mass is 16.1. The van der Waals surface area contributed by atoms with Crippen LogP contribution in [-0.4, -0.2) is 35.5 Å². The van der Waals surface area contributed by atoms with E-state index in [-0.39, 0.29) is 11.8 Å². The Balaban J connectivity index is 1.49. The second-order valence-corrected chi connectivity index (χ2v) is 6.18. The Bertz CT molecular complexity index is 882. The normalized spacial score (nSPS) is 17.5. The number of hydrogen-bond donors (Lipinski definition) is 1. The average molecular weight is 325 g/mol. The zero-order valence-corrected chi connectivity index (χ0v) is 13.5. The van der Waals surface area contributed by atoms with Crippen molar-refractivity contribution < 1.29 is 4.79 Å². The van der Waals surface area contributed by atoms with Crippen LogP contribution in [0.3, 0.4) is 0 Å². The first-order chi connectivity index (χ1) is 11.7. The van der Waals surface area contributed by atoms with Crippen LogP contribution in [0.4, 0.5) is 0 Å². The van der Waals surface area contributed by atoms with Gasteiger partial charge in [-0.1, -0.05) is 12.5 Å². The van der Waals surface area contributed by atoms with Gasteiger partial charge < -0.3 is 9.72 Å². The Morgan fingerprint density at radius 1 is 1.42 bits per heavy atom. The van der Waals surface area contributed by atoms with Gasteiger partial charge in [0.05, 0.1) is 18.2 Å². The number of nitrogens with one attached hydrogen (secondary N) is 1. The van der Waals surface area contributed by atoms with Crippen molar-refractivity contribution in [2.75, 3.05) is 0 Å². The number of pyridine rings is 1. The Kier molecular flexibility index (Phi) is 3.72. The molecule has 0 radical (unpaired) electrons. The Morgan fingerprint density at radius 2 is 2.33 bits per heavy atom. The van der Waals surface area contributed by atoms with Crippen LogP contribution in [0, 0.1) is 6.92 Å². The molecule has 0 spiro atoms. The highest BCUT2D eigenvalue weighted by molar-refractivity contribution is 5.82. The molecule has 1 aliphatic heterocycles. The monoisotopic (exact) mass is 325 g/mol. The summed E-state index contributed by atoms with van der Waals surface area (Å²) in [5.74, 6) is 0.332. The number of amides is 1. The van der Waals surface area contributed by atoms with Gasteiger partial charge in [-0.3, -0.25) is 4.79 Å². The van der Waals surface area contributed by atoms with Crippen molar-refractivity contribution in [3.05, 3.63) is 41.6 Å². The maximum Gasteiger partial charge on any atom is 0.231 e. The van der Waals surface area contributed by atoms with Crippen molar-refractivity contribution in [3.63, 3.8) is 0 Å². The number of aryl methyl sites for hydroxylation is 2. The van der Waals surface area contributed by atoms with Crippen molar-refractivity contribution in [1.82, 2.24) is 34.9 Å². The van der Waals surface area contributed by atoms with E-state index in [1.807, 2.05) is 35.9 Å². The summed E-state index contributed by atoms with van der Waals surface area (Å²) in [5.41, 5.74) is 2.86. The predicted molar refractivity (Wildman–Crippen MR) is 86.2 cm³/mol. The summed E-state index contributed by atoms with van der Waals surface area (Å²) in [4.78, 5) is 17.2. The maximum absolute atomic E-state index is 12.6. The second-order valence-electron chi connectivity index (χ2n) is 6.18. The van der Waals surface area contributed by atoms with Gasteiger partial charge in [-0.05, 0) is 41.8 Å². The number of tetrazole rings is 1. The van der Waals surface area contributed by atoms with Crippen molar-refractivity contribution in [3.8, 4) is 0 Å². The van der Waals surface area contributed by atoms with E-state index in [2.05, 4.69) is 25.8 Å². The molecule has 0 bridgehead atoms. The number of carbonyl (C=O) groups is 1. The van der Waals surface area contributed by atoms with Gasteiger partial charge in [0.1, 0.15) is 5.65 Å². The average Bonchev–Trinajstić information content (AvgIpc) is 3.16. The quantitative estimate of drug-likeness (QED) is 0.782. The summed E-state index contributed by atoms with van der Waals surface area (Å²) in [6.07, 6.45) is 6.65. The maximum atomic E-state index is 12.6. The third kappa shape index (κ3) is 2.64. The summed E-state index contributed by atoms with van der Waals surface area (Å²) in [7, 11) is 0. The molecule has 0 saturated heterocycles. The van der Waals surface area contributed by atoms with Gasteiger partial charge in [-0.15, -0.1) is 5.10 Å². The first-order valence-corrected chi connectivity index (χ1v) is 8.19. The summed E-state index contributed by atoms with van der Waals surface area (Å²) < 4.78 is 3.72. The van der Waals surface area contributed by atoms with E-state index >= 15 is 0 Å². The molecule has 3 aromatic rings. The number of rotatable bonds is 3. The molecule has 0 saturated carbocycles. The van der Waals surface area contributed by atoms with Crippen molar-refractivity contribution in [2.24, 2.45) is 0 Å². The number of nitrogens with zero attached hydrogens (tertiary/aromatic N) is 6. The third-order valence-corrected chi connectivity index (χ3v) is 4.47. The van der Waals surface area contributed by atoms with Gasteiger partial charge in [0.2, 0.25) is 5.91 Å². The van der Waals surface area contributed by atoms with E-state index in [9.17, 15) is 4.79 Å². The van der Waals surface area contributed by atoms with Crippen LogP contribution in [0.25, 0.3) is 5.65 Å². The van der Waals surface area contributed by atoms with E-state index < -0.39 is 0 Å². The van der Waals surface area contributed by atoms with Crippen LogP contribution in [0.15, 0.2) is 24.5 Å². The van der Waals surface area contributed by atoms with Gasteiger partial charge in [-0.25, -0.2) is 9.67 Å². The van der Waals surface area contributed by atoms with Crippen molar-refractivity contribution >= 4 is 11.6 Å². The van der Waals surface area contributed by atoms with E-state index in [1.165, 1.54) is 0 Å². The molecule has 8 nitrogen and oxygen atoms in total. The summed E-state index contributed by atoms with van der Waals surface area (Å²) >= 11 is 0. The smallest absolute Gasteiger partial charge is 0.231 e. The minimum absolute atomic E-state index is 0.0401. The molecule has 0 aromatic carbocycles. The molecule has 0 fully saturated rings. The summed E-state index contributed by atoms with van der Waals surface area (Å²) in [5, 5.41) is 14.7. The molecule has 4 rings (SSSR count). The van der Waals surface area contributed by atoms with Gasteiger partial charge in [0.25, 0.3) is 0 Å². The SMILES string of the molecule is Cc1cccn2cc(CNC(=O)[C@@H]3CCCCn4nnnc43)nc12. The molecule has 24 heavy (non-hydrogen) atoms. The number of carbonyl (C=O) groups excluding carboxylic acids is 1. The summed E-state index contributed by atoms with van der Waals surface area (Å²) in [6, 6.07) is 4.01. The lowest BCUT2D eigenvalue weighted by atomic mass is 10.0. The fraction of sp³-hybridized carbons (Fsp3) is 0.438. The van der Waals surface area contributed by atoms with Gasteiger partial charge in [0, 0.05) is 18.9 Å². The highest BCUT2D eigenvalue weighted by Gasteiger charge is 2.28. The lowest BCUT2D eigenvalue weighted by Crippen LogP contribution is -2.30. The molecule has 0 unspecified atom stereocenters. The number of hydrogen-bond acceptors (Lipinski definition) is 5. The Labute approximate surface area is 138 Å². The number of imidazole rings is 1. The van der Waals surface area contributed by atoms with Crippen molar-refractivity contribution in [1.29, 1.82) is 0 Å². The number of aromatic nitrogens is 6. The first-order valence-electron chi connectivity index (χ1n) is 8.19. The molecule has 4 heterocycles. The molecule has 124 valence electrons. The molecule has 0 aliphatic carbocycles. The molecule has 3 aromatic heterocycles. The largest absolute Gasteiger partial charge is 0.350 e. The first kappa shape index (κ1) is 14.8. The molecule has 8 heteroatoms. The van der Waals surface area contributed by atoms with Gasteiger partial charge in [0.15, 0.2) is 5.82 Å². The Morgan fingerprint density at radius 3 is 3.21 bits per heavy atom. The van der Waals surface area contributed by atoms with E-state index in [0.717, 1.165) is 42.7 Å². The van der Waals surface area contributed by atoms with Crippen LogP contribution in [0.1, 0.15) is 42.3 Å². The standard InChI is InChI=1S/C16H19N7O/c1-11-5-4-7-22-10-12(18-14(11)22)9-17-16(24)13-6-2-3-8-23-15(13)19-20-21-23/h4-5,7,10,13H,2-3,6,8-9H2,1H3,(H,17,24)/t13-/m1/s1. The van der Waals surface area contributed by atoms with Crippen LogP contribution in [0.5, 0.6) is 0 Å². The van der Waals surface area contributed by atoms with Crippen LogP contribution < -0.4 is 5.32 Å². The van der Waals surface area contributed by atoms with E-state index in [0.29, 0.717) is 12.4 Å². The molecule has 1 amide bonds. The third-order valence-electron chi connectivity index (χ3n) is 4.47. The minimum atomic E-state index is -0.290. The van der Waals surface area contributed by atoms with Crippen LogP contribution in [0.2, 0.25) is 0 Å². The predicted octanol–water partition coefficient (Wildman–Crippen LogP) is 1.21. The topological polar surface area (TPSA) is 90.0 Å². The molecule has 1 aliphatic rings. The van der Waals surface area contributed by atoms with Crippen LogP contribution >= 0.6 is 0 Å². The van der Waals surface area contributed by atoms with Gasteiger partial charge in [-0.2, -0.15) is 0 Å². The fourth-order valence-corrected chi connectivity index (χ4v) is 3.20. The van der Waals surface area contributed by atoms with E-state index in [4.69, 9.17) is 0 Å². The molecular formula is C16H19N7O. The van der Waals surface area contributed by atoms with E-state index in [1.54, 1.807) is 4.68 Å². The molecular weight excluding hydrogens is 306 g/mol. The van der Waals surface area contributed by atoms with Crippen molar-refractivity contribution in [2.45, 2.75) is 45.2 Å². The second kappa shape index (κ2) is 6.03. The minimum Gasteiger partial charge on any atom is -0.350 e. The lowest BCUT2D eigenvalue weighted by Gasteiger charge is -2.12. The molecule has 1 N–H and O–H groups in total.